The molecule has 0 fully saturated rings. The van der Waals surface area contributed by atoms with E-state index in [1.807, 2.05) is 0 Å². The van der Waals surface area contributed by atoms with Crippen molar-refractivity contribution in [2.45, 2.75) is 6.61 Å². The molecular weight excluding hydrogens is 274 g/mol. The minimum Gasteiger partial charge on any atom is -0.487 e. The van der Waals surface area contributed by atoms with Crippen LogP contribution in [0.4, 0.5) is 8.78 Å². The second kappa shape index (κ2) is 5.80. The molecule has 0 aliphatic rings. The Kier molecular flexibility index (Phi) is 4.12. The van der Waals surface area contributed by atoms with Gasteiger partial charge in [0, 0.05) is 11.6 Å². The van der Waals surface area contributed by atoms with Gasteiger partial charge in [-0.3, -0.25) is 4.79 Å². The lowest BCUT2D eigenvalue weighted by molar-refractivity contribution is 0.112. The van der Waals surface area contributed by atoms with Crippen molar-refractivity contribution in [3.8, 4) is 5.75 Å². The molecule has 2 nitrogen and oxygen atoms in total. The minimum absolute atomic E-state index is 0.0190. The molecule has 0 saturated heterocycles. The average molecular weight is 283 g/mol. The number of hydrogen-bond acceptors (Lipinski definition) is 2. The van der Waals surface area contributed by atoms with Crippen molar-refractivity contribution in [1.29, 1.82) is 0 Å². The van der Waals surface area contributed by atoms with Gasteiger partial charge < -0.3 is 4.74 Å². The van der Waals surface area contributed by atoms with Gasteiger partial charge in [-0.25, -0.2) is 8.78 Å². The van der Waals surface area contributed by atoms with E-state index >= 15 is 0 Å². The molecule has 0 heterocycles. The summed E-state index contributed by atoms with van der Waals surface area (Å²) in [6.45, 7) is -0.0190. The van der Waals surface area contributed by atoms with E-state index < -0.39 is 11.6 Å². The predicted molar refractivity (Wildman–Crippen MR) is 67.5 cm³/mol. The Hall–Kier alpha value is -1.94. The number of ether oxygens (including phenoxy) is 1. The average Bonchev–Trinajstić information content (AvgIpc) is 2.36. The molecule has 0 aromatic heterocycles. The van der Waals surface area contributed by atoms with Crippen LogP contribution in [-0.4, -0.2) is 6.29 Å². The summed E-state index contributed by atoms with van der Waals surface area (Å²) in [5.41, 5.74) is 0.780. The van der Waals surface area contributed by atoms with Gasteiger partial charge >= 0.3 is 0 Å². The van der Waals surface area contributed by atoms with Crippen LogP contribution in [0.15, 0.2) is 36.4 Å². The monoisotopic (exact) mass is 282 g/mol. The Morgan fingerprint density at radius 1 is 1.11 bits per heavy atom. The highest BCUT2D eigenvalue weighted by Crippen LogP contribution is 2.26. The Bertz CT molecular complexity index is 594. The molecule has 0 atom stereocenters. The zero-order valence-electron chi connectivity index (χ0n) is 9.70. The van der Waals surface area contributed by atoms with E-state index in [0.29, 0.717) is 23.2 Å². The maximum Gasteiger partial charge on any atom is 0.150 e. The standard InChI is InChI=1S/C14H9ClF2O2/c15-13-5-9(7-18)1-2-14(13)19-8-10-3-11(16)6-12(17)4-10/h1-7H,8H2. The second-order valence-electron chi connectivity index (χ2n) is 3.87. The molecule has 0 N–H and O–H groups in total. The molecule has 0 saturated carbocycles. The number of aldehydes is 1. The summed E-state index contributed by atoms with van der Waals surface area (Å²) in [5.74, 6) is -0.987. The lowest BCUT2D eigenvalue weighted by Gasteiger charge is -2.08. The summed E-state index contributed by atoms with van der Waals surface area (Å²) in [4.78, 5) is 10.5. The number of hydrogen-bond donors (Lipinski definition) is 0. The highest BCUT2D eigenvalue weighted by Gasteiger charge is 2.05. The third-order valence-electron chi connectivity index (χ3n) is 2.41. The molecule has 0 bridgehead atoms. The van der Waals surface area contributed by atoms with E-state index in [0.717, 1.165) is 6.07 Å². The molecule has 0 aliphatic carbocycles. The zero-order chi connectivity index (χ0) is 13.8. The van der Waals surface area contributed by atoms with E-state index in [2.05, 4.69) is 0 Å². The fourth-order valence-corrected chi connectivity index (χ4v) is 1.81. The molecule has 0 aliphatic heterocycles. The third kappa shape index (κ3) is 3.51. The minimum atomic E-state index is -0.666. The Morgan fingerprint density at radius 3 is 2.37 bits per heavy atom. The second-order valence-corrected chi connectivity index (χ2v) is 4.28. The van der Waals surface area contributed by atoms with Crippen molar-refractivity contribution in [2.24, 2.45) is 0 Å². The molecule has 0 spiro atoms. The van der Waals surface area contributed by atoms with Crippen molar-refractivity contribution >= 4 is 17.9 Å². The molecule has 98 valence electrons. The summed E-state index contributed by atoms with van der Waals surface area (Å²) in [7, 11) is 0. The fraction of sp³-hybridized carbons (Fsp3) is 0.0714. The normalized spacial score (nSPS) is 10.3. The van der Waals surface area contributed by atoms with Gasteiger partial charge in [0.05, 0.1) is 5.02 Å². The van der Waals surface area contributed by atoms with Gasteiger partial charge in [-0.05, 0) is 35.9 Å². The van der Waals surface area contributed by atoms with E-state index in [4.69, 9.17) is 16.3 Å². The van der Waals surface area contributed by atoms with Gasteiger partial charge in [-0.15, -0.1) is 0 Å². The highest BCUT2D eigenvalue weighted by molar-refractivity contribution is 6.32. The lowest BCUT2D eigenvalue weighted by Crippen LogP contribution is -1.98. The third-order valence-corrected chi connectivity index (χ3v) is 2.70. The number of halogens is 3. The predicted octanol–water partition coefficient (Wildman–Crippen LogP) is 4.01. The van der Waals surface area contributed by atoms with Crippen molar-refractivity contribution in [3.63, 3.8) is 0 Å². The summed E-state index contributed by atoms with van der Waals surface area (Å²) in [6, 6.07) is 7.67. The topological polar surface area (TPSA) is 26.3 Å². The van der Waals surface area contributed by atoms with Crippen LogP contribution in [0.2, 0.25) is 5.02 Å². The number of rotatable bonds is 4. The van der Waals surface area contributed by atoms with Gasteiger partial charge in [0.2, 0.25) is 0 Å². The maximum absolute atomic E-state index is 13.0. The molecule has 5 heteroatoms. The maximum atomic E-state index is 13.0. The van der Waals surface area contributed by atoms with Crippen molar-refractivity contribution < 1.29 is 18.3 Å². The quantitative estimate of drug-likeness (QED) is 0.792. The van der Waals surface area contributed by atoms with Gasteiger partial charge in [0.1, 0.15) is 30.3 Å². The molecule has 0 radical (unpaired) electrons. The summed E-state index contributed by atoms with van der Waals surface area (Å²) in [5, 5.41) is 0.265. The first-order chi connectivity index (χ1) is 9.08. The SMILES string of the molecule is O=Cc1ccc(OCc2cc(F)cc(F)c2)c(Cl)c1. The van der Waals surface area contributed by atoms with E-state index in [-0.39, 0.29) is 11.6 Å². The zero-order valence-corrected chi connectivity index (χ0v) is 10.5. The number of carbonyl (C=O) groups excluding carboxylic acids is 1. The molecule has 19 heavy (non-hydrogen) atoms. The summed E-state index contributed by atoms with van der Waals surface area (Å²) in [6.07, 6.45) is 0.664. The first-order valence-corrected chi connectivity index (χ1v) is 5.79. The first-order valence-electron chi connectivity index (χ1n) is 5.41. The summed E-state index contributed by atoms with van der Waals surface area (Å²) < 4.78 is 31.3. The molecular formula is C14H9ClF2O2. The smallest absolute Gasteiger partial charge is 0.150 e. The van der Waals surface area contributed by atoms with E-state index in [1.54, 1.807) is 6.07 Å². The number of benzene rings is 2. The van der Waals surface area contributed by atoms with Crippen LogP contribution in [0.5, 0.6) is 5.75 Å². The van der Waals surface area contributed by atoms with Crippen LogP contribution in [0.3, 0.4) is 0 Å². The molecule has 0 unspecified atom stereocenters. The highest BCUT2D eigenvalue weighted by atomic mass is 35.5. The number of carbonyl (C=O) groups is 1. The van der Waals surface area contributed by atoms with Crippen molar-refractivity contribution in [2.75, 3.05) is 0 Å². The molecule has 2 rings (SSSR count). The van der Waals surface area contributed by atoms with Crippen molar-refractivity contribution in [3.05, 3.63) is 64.2 Å². The van der Waals surface area contributed by atoms with E-state index in [9.17, 15) is 13.6 Å². The Balaban J connectivity index is 2.12. The lowest BCUT2D eigenvalue weighted by atomic mass is 10.2. The van der Waals surface area contributed by atoms with Crippen LogP contribution in [0, 0.1) is 11.6 Å². The molecule has 2 aromatic carbocycles. The van der Waals surface area contributed by atoms with Crippen LogP contribution >= 0.6 is 11.6 Å². The fourth-order valence-electron chi connectivity index (χ4n) is 1.56. The van der Waals surface area contributed by atoms with Crippen molar-refractivity contribution in [1.82, 2.24) is 0 Å². The largest absolute Gasteiger partial charge is 0.487 e. The van der Waals surface area contributed by atoms with Crippen LogP contribution < -0.4 is 4.74 Å². The van der Waals surface area contributed by atoms with Gasteiger partial charge in [0.25, 0.3) is 0 Å². The van der Waals surface area contributed by atoms with Crippen LogP contribution in [-0.2, 0) is 6.61 Å². The van der Waals surface area contributed by atoms with E-state index in [1.165, 1.54) is 24.3 Å². The molecule has 2 aromatic rings. The molecule has 0 amide bonds. The summed E-state index contributed by atoms with van der Waals surface area (Å²) >= 11 is 5.90. The van der Waals surface area contributed by atoms with Crippen LogP contribution in [0.25, 0.3) is 0 Å². The Morgan fingerprint density at radius 2 is 1.79 bits per heavy atom. The van der Waals surface area contributed by atoms with Gasteiger partial charge in [-0.2, -0.15) is 0 Å². The Labute approximate surface area is 113 Å². The van der Waals surface area contributed by atoms with Crippen LogP contribution in [0.1, 0.15) is 15.9 Å². The van der Waals surface area contributed by atoms with Gasteiger partial charge in [-0.1, -0.05) is 11.6 Å². The van der Waals surface area contributed by atoms with Gasteiger partial charge in [0.15, 0.2) is 0 Å². The first kappa shape index (κ1) is 13.5.